The highest BCUT2D eigenvalue weighted by Gasteiger charge is 2.28. The number of aromatic amines is 1. The second kappa shape index (κ2) is 12.0. The molecule has 3 aromatic heterocycles. The predicted molar refractivity (Wildman–Crippen MR) is 151 cm³/mol. The number of hydrogen-bond donors (Lipinski definition) is 2. The number of hydrogen-bond acceptors (Lipinski definition) is 8. The molecule has 0 fully saturated rings. The van der Waals surface area contributed by atoms with Crippen molar-refractivity contribution in [3.63, 3.8) is 0 Å². The van der Waals surface area contributed by atoms with Crippen molar-refractivity contribution in [1.29, 1.82) is 0 Å². The molecule has 214 valence electrons. The number of aryl methyl sites for hydroxylation is 2. The van der Waals surface area contributed by atoms with Gasteiger partial charge in [-0.15, -0.1) is 0 Å². The number of carbonyl (C=O) groups is 2. The zero-order valence-electron chi connectivity index (χ0n) is 24.1. The summed E-state index contributed by atoms with van der Waals surface area (Å²) < 4.78 is 22.3. The van der Waals surface area contributed by atoms with Crippen LogP contribution >= 0.6 is 0 Å². The van der Waals surface area contributed by atoms with Gasteiger partial charge in [0, 0.05) is 37.2 Å². The third-order valence-corrected chi connectivity index (χ3v) is 6.13. The number of ether oxygens (including phenoxy) is 3. The first-order valence-corrected chi connectivity index (χ1v) is 13.3. The Morgan fingerprint density at radius 3 is 2.73 bits per heavy atom. The summed E-state index contributed by atoms with van der Waals surface area (Å²) >= 11 is 0. The van der Waals surface area contributed by atoms with Gasteiger partial charge in [-0.3, -0.25) is 4.79 Å². The Hall–Kier alpha value is -4.12. The maximum Gasteiger partial charge on any atom is 0.410 e. The minimum Gasteiger partial charge on any atom is -0.475 e. The van der Waals surface area contributed by atoms with E-state index in [4.69, 9.17) is 23.7 Å². The molecule has 11 nitrogen and oxygen atoms in total. The van der Waals surface area contributed by atoms with Gasteiger partial charge in [-0.25, -0.2) is 9.78 Å². The molecule has 2 amide bonds. The molecular weight excluding hydrogens is 514 g/mol. The summed E-state index contributed by atoms with van der Waals surface area (Å²) in [7, 11) is 1.68. The molecule has 0 saturated carbocycles. The van der Waals surface area contributed by atoms with Crippen LogP contribution in [0.3, 0.4) is 0 Å². The van der Waals surface area contributed by atoms with Crippen LogP contribution < -0.4 is 10.1 Å². The Kier molecular flexibility index (Phi) is 8.63. The largest absolute Gasteiger partial charge is 0.475 e. The first kappa shape index (κ1) is 28.9. The number of aromatic nitrogens is 3. The zero-order valence-corrected chi connectivity index (χ0v) is 24.1. The molecule has 0 unspecified atom stereocenters. The molecule has 1 aliphatic rings. The van der Waals surface area contributed by atoms with E-state index in [9.17, 15) is 9.59 Å². The van der Waals surface area contributed by atoms with Gasteiger partial charge in [-0.1, -0.05) is 0 Å². The summed E-state index contributed by atoms with van der Waals surface area (Å²) in [6.45, 7) is 13.0. The van der Waals surface area contributed by atoms with Crippen molar-refractivity contribution in [2.45, 2.75) is 60.2 Å². The number of fused-ring (bicyclic) bond motifs is 1. The fourth-order valence-electron chi connectivity index (χ4n) is 4.25. The third kappa shape index (κ3) is 6.71. The van der Waals surface area contributed by atoms with Crippen LogP contribution in [0.5, 0.6) is 5.88 Å². The molecule has 0 aromatic carbocycles. The minimum atomic E-state index is -0.556. The van der Waals surface area contributed by atoms with Gasteiger partial charge in [0.05, 0.1) is 30.2 Å². The monoisotopic (exact) mass is 551 g/mol. The van der Waals surface area contributed by atoms with E-state index in [0.717, 1.165) is 17.0 Å². The lowest BCUT2D eigenvalue weighted by Crippen LogP contribution is -2.35. The number of amides is 2. The molecule has 0 spiro atoms. The van der Waals surface area contributed by atoms with Crippen molar-refractivity contribution < 1.29 is 28.3 Å². The van der Waals surface area contributed by atoms with Crippen LogP contribution in [-0.4, -0.2) is 64.4 Å². The highest BCUT2D eigenvalue weighted by Crippen LogP contribution is 2.37. The quantitative estimate of drug-likeness (QED) is 0.255. The number of rotatable bonds is 10. The zero-order chi connectivity index (χ0) is 29.0. The Bertz CT molecular complexity index is 1410. The van der Waals surface area contributed by atoms with Crippen LogP contribution in [0.15, 0.2) is 22.7 Å². The topological polar surface area (TPSA) is 132 Å². The highest BCUT2D eigenvalue weighted by atomic mass is 16.6. The molecule has 0 atom stereocenters. The Morgan fingerprint density at radius 2 is 2.00 bits per heavy atom. The molecule has 0 bridgehead atoms. The van der Waals surface area contributed by atoms with E-state index in [1.807, 2.05) is 46.8 Å². The summed E-state index contributed by atoms with van der Waals surface area (Å²) in [5.74, 6) is 0.601. The number of pyridine rings is 1. The van der Waals surface area contributed by atoms with E-state index in [1.165, 1.54) is 4.90 Å². The van der Waals surface area contributed by atoms with Crippen LogP contribution in [0.4, 0.5) is 10.5 Å². The third-order valence-electron chi connectivity index (χ3n) is 6.13. The maximum atomic E-state index is 12.9. The van der Waals surface area contributed by atoms with Crippen molar-refractivity contribution in [2.75, 3.05) is 32.1 Å². The van der Waals surface area contributed by atoms with Crippen molar-refractivity contribution in [2.24, 2.45) is 0 Å². The molecule has 0 radical (unpaired) electrons. The van der Waals surface area contributed by atoms with E-state index >= 15 is 0 Å². The van der Waals surface area contributed by atoms with E-state index in [2.05, 4.69) is 15.5 Å². The van der Waals surface area contributed by atoms with Gasteiger partial charge >= 0.3 is 6.09 Å². The van der Waals surface area contributed by atoms with Crippen molar-refractivity contribution in [3.8, 4) is 17.1 Å². The summed E-state index contributed by atoms with van der Waals surface area (Å²) in [6.07, 6.45) is 1.97. The standard InChI is InChI=1S/C29H37N5O6/c1-8-37-16-19-14-17(2)30-23(19)15-20-25-22(32-26(20)35)11-10-21(31-25)24-18(3)40-33-27(24)38-13-9-12-34(7)28(36)39-29(4,5)6/h10-11,14-15,30H,8-9,12-13,16H2,1-7H3,(H,32,35)/b20-15-. The van der Waals surface area contributed by atoms with E-state index in [-0.39, 0.29) is 12.0 Å². The lowest BCUT2D eigenvalue weighted by Gasteiger charge is -2.24. The van der Waals surface area contributed by atoms with Crippen molar-refractivity contribution in [3.05, 3.63) is 46.6 Å². The van der Waals surface area contributed by atoms with Crippen molar-refractivity contribution in [1.82, 2.24) is 20.0 Å². The van der Waals surface area contributed by atoms with Crippen LogP contribution in [0.1, 0.15) is 62.5 Å². The Labute approximate surface area is 233 Å². The molecule has 0 saturated heterocycles. The molecule has 1 aliphatic heterocycles. The average Bonchev–Trinajstić information content (AvgIpc) is 3.53. The summed E-state index contributed by atoms with van der Waals surface area (Å²) in [4.78, 5) is 34.7. The van der Waals surface area contributed by atoms with Gasteiger partial charge in [0.15, 0.2) is 0 Å². The van der Waals surface area contributed by atoms with Crippen LogP contribution in [0, 0.1) is 13.8 Å². The fourth-order valence-corrected chi connectivity index (χ4v) is 4.25. The first-order chi connectivity index (χ1) is 19.0. The van der Waals surface area contributed by atoms with Crippen LogP contribution in [-0.2, 0) is 20.9 Å². The normalized spacial score (nSPS) is 13.9. The van der Waals surface area contributed by atoms with Gasteiger partial charge in [-0.05, 0) is 77.4 Å². The lowest BCUT2D eigenvalue weighted by atomic mass is 10.1. The minimum absolute atomic E-state index is 0.234. The summed E-state index contributed by atoms with van der Waals surface area (Å²) in [5, 5.41) is 6.96. The molecule has 0 aliphatic carbocycles. The lowest BCUT2D eigenvalue weighted by molar-refractivity contribution is -0.110. The van der Waals surface area contributed by atoms with E-state index < -0.39 is 5.60 Å². The van der Waals surface area contributed by atoms with Gasteiger partial charge in [-0.2, -0.15) is 0 Å². The molecular formula is C29H37N5O6. The molecule has 40 heavy (non-hydrogen) atoms. The first-order valence-electron chi connectivity index (χ1n) is 13.3. The number of carbonyl (C=O) groups excluding carboxylic acids is 2. The van der Waals surface area contributed by atoms with Gasteiger partial charge in [0.25, 0.3) is 11.8 Å². The maximum absolute atomic E-state index is 12.9. The molecule has 4 heterocycles. The molecule has 2 N–H and O–H groups in total. The average molecular weight is 552 g/mol. The Morgan fingerprint density at radius 1 is 1.23 bits per heavy atom. The second-order valence-corrected chi connectivity index (χ2v) is 10.7. The van der Waals surface area contributed by atoms with Crippen LogP contribution in [0.25, 0.3) is 22.9 Å². The summed E-state index contributed by atoms with van der Waals surface area (Å²) in [6, 6.07) is 5.61. The number of nitrogens with zero attached hydrogens (tertiary/aromatic N) is 3. The van der Waals surface area contributed by atoms with Gasteiger partial charge in [0.2, 0.25) is 0 Å². The molecule has 3 aromatic rings. The number of anilines is 1. The van der Waals surface area contributed by atoms with Crippen molar-refractivity contribution >= 4 is 29.3 Å². The number of nitrogens with one attached hydrogen (secondary N) is 2. The van der Waals surface area contributed by atoms with Crippen LogP contribution in [0.2, 0.25) is 0 Å². The SMILES string of the molecule is CCOCc1cc(C)[nH]c1/C=C1\C(=O)Nc2ccc(-c3c(OCCCN(C)C(=O)OC(C)(C)C)noc3C)nc21. The predicted octanol–water partition coefficient (Wildman–Crippen LogP) is 5.35. The summed E-state index contributed by atoms with van der Waals surface area (Å²) in [5.41, 5.74) is 4.95. The molecule has 11 heteroatoms. The van der Waals surface area contributed by atoms with Gasteiger partial charge < -0.3 is 33.9 Å². The van der Waals surface area contributed by atoms with Gasteiger partial charge in [0.1, 0.15) is 22.6 Å². The molecule has 4 rings (SSSR count). The van der Waals surface area contributed by atoms with E-state index in [0.29, 0.717) is 72.6 Å². The Balaban J connectivity index is 1.51. The number of H-pyrrole nitrogens is 1. The van der Waals surface area contributed by atoms with E-state index in [1.54, 1.807) is 26.1 Å². The smallest absolute Gasteiger partial charge is 0.410 e. The fraction of sp³-hybridized carbons (Fsp3) is 0.448. The highest BCUT2D eigenvalue weighted by molar-refractivity contribution is 6.34. The second-order valence-electron chi connectivity index (χ2n) is 10.7.